The molecule has 3 heterocycles. The number of aliphatic imine (C=N–C) groups is 1. The summed E-state index contributed by atoms with van der Waals surface area (Å²) in [5.74, 6) is -13.9. The predicted molar refractivity (Wildman–Crippen MR) is 319 cm³/mol. The van der Waals surface area contributed by atoms with E-state index in [9.17, 15) is 72.9 Å². The highest BCUT2D eigenvalue weighted by Crippen LogP contribution is 2.24. The Morgan fingerprint density at radius 2 is 1.23 bits per heavy atom. The highest BCUT2D eigenvalue weighted by atomic mass is 16.4. The van der Waals surface area contributed by atoms with Crippen LogP contribution in [0.4, 0.5) is 0 Å². The number of nitrogens with one attached hydrogen (secondary N) is 10. The second-order valence-electron chi connectivity index (χ2n) is 22.1. The fourth-order valence-corrected chi connectivity index (χ4v) is 9.66. The maximum Gasteiger partial charge on any atom is 0.328 e. The number of para-hydroxylation sites is 1. The smallest absolute Gasteiger partial charge is 0.328 e. The number of carbonyl (C=O) groups is 13. The van der Waals surface area contributed by atoms with Gasteiger partial charge in [-0.2, -0.15) is 0 Å². The Kier molecular flexibility index (Phi) is 28.5. The monoisotopic (exact) mass is 1270 g/mol. The Hall–Kier alpha value is -9.77. The van der Waals surface area contributed by atoms with Gasteiger partial charge < -0.3 is 107 Å². The van der Waals surface area contributed by atoms with Crippen molar-refractivity contribution in [2.75, 3.05) is 19.7 Å². The Morgan fingerprint density at radius 1 is 0.667 bits per heavy atom. The van der Waals surface area contributed by atoms with Crippen LogP contribution in [-0.4, -0.2) is 204 Å². The number of rotatable bonds is 38. The third kappa shape index (κ3) is 23.1. The largest absolute Gasteiger partial charge is 0.480 e. The van der Waals surface area contributed by atoms with Crippen molar-refractivity contribution >= 4 is 93.7 Å². The van der Waals surface area contributed by atoms with Gasteiger partial charge in [-0.05, 0) is 69.4 Å². The Bertz CT molecular complexity index is 3060. The minimum absolute atomic E-state index is 0.000496. The summed E-state index contributed by atoms with van der Waals surface area (Å²) in [6.07, 6.45) is 0.0971. The molecule has 90 heavy (non-hydrogen) atoms. The number of aliphatic hydroxyl groups excluding tert-OH is 2. The van der Waals surface area contributed by atoms with E-state index in [4.69, 9.17) is 34.4 Å². The van der Waals surface area contributed by atoms with E-state index in [2.05, 4.69) is 62.5 Å². The number of primary amides is 3. The quantitative estimate of drug-likeness (QED) is 0.0144. The van der Waals surface area contributed by atoms with Gasteiger partial charge in [0.25, 0.3) is 0 Å². The summed E-state index contributed by atoms with van der Waals surface area (Å²) in [5.41, 5.74) is 34.3. The van der Waals surface area contributed by atoms with Crippen LogP contribution in [-0.2, 0) is 75.2 Å². The van der Waals surface area contributed by atoms with Gasteiger partial charge in [-0.1, -0.05) is 32.0 Å². The molecule has 1 aromatic carbocycles. The van der Waals surface area contributed by atoms with Crippen molar-refractivity contribution in [1.29, 1.82) is 0 Å². The van der Waals surface area contributed by atoms with Crippen molar-refractivity contribution in [3.8, 4) is 0 Å². The number of hydrogen-bond acceptors (Lipinski definition) is 18. The number of guanidine groups is 1. The highest BCUT2D eigenvalue weighted by Gasteiger charge is 2.41. The molecule has 0 unspecified atom stereocenters. The van der Waals surface area contributed by atoms with Gasteiger partial charge in [0.05, 0.1) is 31.5 Å². The number of H-pyrrole nitrogens is 2. The second-order valence-corrected chi connectivity index (χ2v) is 22.1. The van der Waals surface area contributed by atoms with Crippen molar-refractivity contribution in [1.82, 2.24) is 62.4 Å². The van der Waals surface area contributed by atoms with E-state index in [-0.39, 0.29) is 82.8 Å². The molecule has 2 aromatic heterocycles. The first kappa shape index (κ1) is 72.7. The number of carboxylic acid groups (broad SMARTS) is 1. The van der Waals surface area contributed by atoms with Gasteiger partial charge in [-0.15, -0.1) is 0 Å². The maximum absolute atomic E-state index is 15.0. The molecule has 12 amide bonds. The lowest BCUT2D eigenvalue weighted by molar-refractivity contribution is -0.145. The molecular weight excluding hydrogens is 1180 g/mol. The lowest BCUT2D eigenvalue weighted by Crippen LogP contribution is -2.61. The number of aliphatic hydroxyl groups is 2. The molecule has 35 nitrogen and oxygen atoms in total. The molecule has 1 saturated heterocycles. The van der Waals surface area contributed by atoms with Crippen molar-refractivity contribution in [2.45, 2.75) is 164 Å². The number of imidazole rings is 1. The molecule has 3 aromatic rings. The number of fused-ring (bicyclic) bond motifs is 1. The summed E-state index contributed by atoms with van der Waals surface area (Å²) < 4.78 is 0. The van der Waals surface area contributed by atoms with E-state index in [1.165, 1.54) is 17.4 Å². The molecule has 0 spiro atoms. The molecule has 0 bridgehead atoms. The average Bonchev–Trinajstić information content (AvgIpc) is 1.82. The first-order chi connectivity index (χ1) is 42.5. The summed E-state index contributed by atoms with van der Waals surface area (Å²) in [5, 5.41) is 50.2. The van der Waals surface area contributed by atoms with E-state index in [1.807, 2.05) is 0 Å². The fraction of sp³-hybridized carbons (Fsp3) is 0.545. The number of likely N-dealkylation sites (tertiary alicyclic amines) is 1. The first-order valence-electron chi connectivity index (χ1n) is 28.9. The van der Waals surface area contributed by atoms with Crippen LogP contribution >= 0.6 is 0 Å². The minimum Gasteiger partial charge on any atom is -0.480 e. The van der Waals surface area contributed by atoms with E-state index < -0.39 is 169 Å². The Labute approximate surface area is 515 Å². The zero-order valence-corrected chi connectivity index (χ0v) is 50.0. The van der Waals surface area contributed by atoms with Gasteiger partial charge in [0.15, 0.2) is 12.0 Å². The van der Waals surface area contributed by atoms with Gasteiger partial charge >= 0.3 is 5.97 Å². The fourth-order valence-electron chi connectivity index (χ4n) is 9.66. The number of aromatic amines is 2. The Balaban J connectivity index is 1.62. The number of aromatic nitrogens is 3. The standard InChI is InChI=1S/C55H83N19O16/c1-26(2)18-35(50(85)73-44(27(3)76)54(89)90)68-48(83)36(20-29-23-62-25-65-29)70-52(87)40-11-7-17-74(40)53(88)38(19-28-22-64-32-9-5-4-8-30(28)32)71-49(84)37(21-43(59)79)69-51(86)39(24-75)72-46(81)33(10-6-16-63-55(60)61)67-47(82)34(13-15-42(58)78)66-45(80)31(56)12-14-41(57)77/h4-5,8-9,22-23,25-27,31,33-40,44,64,75-76H,6-7,10-21,24,56H2,1-3H3,(H2,57,77)(H2,58,78)(H2,59,79)(H,62,65)(H,66,80)(H,67,82)(H,68,83)(H,69,86)(H,70,87)(H,71,84)(H,72,81)(H,73,85)(H,89,90)(H4,60,61,63)/t27-,31+,33+,34+,35+,36+,37+,38+,39+,40+,44+/m1/s1. The summed E-state index contributed by atoms with van der Waals surface area (Å²) in [6.45, 7) is 3.35. The Morgan fingerprint density at radius 3 is 1.83 bits per heavy atom. The van der Waals surface area contributed by atoms with Crippen LogP contribution in [0.1, 0.15) is 96.2 Å². The predicted octanol–water partition coefficient (Wildman–Crippen LogP) is -7.16. The zero-order chi connectivity index (χ0) is 66.9. The van der Waals surface area contributed by atoms with Crippen LogP contribution in [0.25, 0.3) is 10.9 Å². The maximum atomic E-state index is 15.0. The van der Waals surface area contributed by atoms with Crippen LogP contribution in [0, 0.1) is 5.92 Å². The lowest BCUT2D eigenvalue weighted by atomic mass is 10.0. The molecule has 0 saturated carbocycles. The van der Waals surface area contributed by atoms with Crippen molar-refractivity contribution in [2.24, 2.45) is 45.3 Å². The first-order valence-corrected chi connectivity index (χ1v) is 28.9. The molecule has 0 aliphatic carbocycles. The number of benzene rings is 1. The van der Waals surface area contributed by atoms with Gasteiger partial charge in [0, 0.05) is 67.8 Å². The molecule has 1 aliphatic rings. The van der Waals surface area contributed by atoms with Crippen molar-refractivity contribution in [3.05, 3.63) is 54.2 Å². The molecular formula is C55H83N19O16. The number of aliphatic carboxylic acids is 1. The summed E-state index contributed by atoms with van der Waals surface area (Å²) in [7, 11) is 0. The van der Waals surface area contributed by atoms with Crippen molar-refractivity contribution < 1.29 is 77.6 Å². The van der Waals surface area contributed by atoms with Crippen molar-refractivity contribution in [3.63, 3.8) is 0 Å². The number of nitrogens with zero attached hydrogens (tertiary/aromatic N) is 3. The summed E-state index contributed by atoms with van der Waals surface area (Å²) in [4.78, 5) is 189. The topological polar surface area (TPSA) is 595 Å². The van der Waals surface area contributed by atoms with E-state index in [0.29, 0.717) is 22.2 Å². The molecule has 0 radical (unpaired) electrons. The van der Waals surface area contributed by atoms with E-state index in [0.717, 1.165) is 6.92 Å². The molecule has 25 N–H and O–H groups in total. The summed E-state index contributed by atoms with van der Waals surface area (Å²) in [6, 6.07) is -8.77. The molecule has 11 atom stereocenters. The molecule has 1 fully saturated rings. The van der Waals surface area contributed by atoms with E-state index >= 15 is 4.79 Å². The van der Waals surface area contributed by atoms with Gasteiger partial charge in [-0.25, -0.2) is 9.78 Å². The average molecular weight is 1270 g/mol. The van der Waals surface area contributed by atoms with Crippen LogP contribution < -0.4 is 76.9 Å². The van der Waals surface area contributed by atoms with Crippen LogP contribution in [0.15, 0.2) is 48.0 Å². The third-order valence-corrected chi connectivity index (χ3v) is 14.3. The van der Waals surface area contributed by atoms with E-state index in [1.54, 1.807) is 44.3 Å². The van der Waals surface area contributed by atoms with Gasteiger partial charge in [0.1, 0.15) is 48.3 Å². The highest BCUT2D eigenvalue weighted by molar-refractivity contribution is 6.00. The number of carbonyl (C=O) groups excluding carboxylic acids is 12. The molecule has 1 aliphatic heterocycles. The summed E-state index contributed by atoms with van der Waals surface area (Å²) >= 11 is 0. The SMILES string of the molecule is CC(C)C[C@H](NC(=O)[C@H](Cc1cnc[nH]1)NC(=O)[C@@H]1CCCN1C(=O)[C@H](Cc1c[nH]c2ccccc12)NC(=O)[C@H](CC(N)=O)NC(=O)[C@H](CO)NC(=O)[C@H](CCCN=C(N)N)NC(=O)[C@H](CCC(N)=O)NC(=O)[C@@H](N)CCC(N)=O)C(=O)N[C@H](C(=O)O)[C@@H](C)O. The normalized spacial score (nSPS) is 16.2. The zero-order valence-electron chi connectivity index (χ0n) is 50.0. The molecule has 4 rings (SSSR count). The third-order valence-electron chi connectivity index (χ3n) is 14.3. The number of nitrogens with two attached hydrogens (primary N) is 6. The van der Waals surface area contributed by atoms with Gasteiger partial charge in [0.2, 0.25) is 70.9 Å². The van der Waals surface area contributed by atoms with Crippen LogP contribution in [0.5, 0.6) is 0 Å². The van der Waals surface area contributed by atoms with Gasteiger partial charge in [-0.3, -0.25) is 62.5 Å². The molecule has 35 heteroatoms. The van der Waals surface area contributed by atoms with Crippen LogP contribution in [0.3, 0.4) is 0 Å². The number of amides is 12. The molecule has 494 valence electrons. The van der Waals surface area contributed by atoms with Crippen LogP contribution in [0.2, 0.25) is 0 Å². The lowest BCUT2D eigenvalue weighted by Gasteiger charge is -2.31. The second kappa shape index (κ2) is 35.3. The minimum atomic E-state index is -1.93. The number of hydrogen-bond donors (Lipinski definition) is 19. The number of carboxylic acids is 1.